The van der Waals surface area contributed by atoms with E-state index < -0.39 is 64.8 Å². The molecule has 1 aromatic heterocycles. The fourth-order valence-corrected chi connectivity index (χ4v) is 5.30. The van der Waals surface area contributed by atoms with Crippen LogP contribution >= 0.6 is 0 Å². The summed E-state index contributed by atoms with van der Waals surface area (Å²) in [7, 11) is 2.35. The standard InChI is InChI=1S/C29H28F7N3O6/c1-15-10-18(45-29(34,35)36)5-4-17(15)12-37-26(41)20-13-39(14-28(31,32)33)22-19(24(20)40)11-21(30)23(25(22)43-2)38-8-6-16(7-9-38)27(42)44-3/h4-5,10-11,13,16H,6-9,12,14H2,1-3H3,(H,37,41). The summed E-state index contributed by atoms with van der Waals surface area (Å²) in [5.41, 5.74) is -1.76. The Hall–Kier alpha value is -4.50. The van der Waals surface area contributed by atoms with Crippen LogP contribution in [-0.2, 0) is 22.6 Å². The lowest BCUT2D eigenvalue weighted by atomic mass is 9.96. The minimum absolute atomic E-state index is 0.144. The van der Waals surface area contributed by atoms with Gasteiger partial charge in [0.1, 0.15) is 23.5 Å². The molecule has 4 rings (SSSR count). The summed E-state index contributed by atoms with van der Waals surface area (Å²) in [5, 5.41) is 1.83. The van der Waals surface area contributed by atoms with Crippen molar-refractivity contribution in [3.05, 3.63) is 63.2 Å². The van der Waals surface area contributed by atoms with Crippen molar-refractivity contribution in [3.63, 3.8) is 0 Å². The van der Waals surface area contributed by atoms with Gasteiger partial charge in [0.15, 0.2) is 11.6 Å². The van der Waals surface area contributed by atoms with Crippen LogP contribution in [0.15, 0.2) is 35.3 Å². The maximum Gasteiger partial charge on any atom is 0.573 e. The first kappa shape index (κ1) is 33.4. The Morgan fingerprint density at radius 2 is 1.71 bits per heavy atom. The highest BCUT2D eigenvalue weighted by atomic mass is 19.4. The number of amides is 1. The van der Waals surface area contributed by atoms with Gasteiger partial charge >= 0.3 is 18.5 Å². The van der Waals surface area contributed by atoms with E-state index in [-0.39, 0.29) is 49.4 Å². The number of halogens is 7. The van der Waals surface area contributed by atoms with Gasteiger partial charge in [0.2, 0.25) is 5.43 Å². The molecule has 1 aliphatic heterocycles. The molecular formula is C29H28F7N3O6. The molecule has 1 saturated heterocycles. The molecule has 0 spiro atoms. The number of nitrogens with zero attached hydrogens (tertiary/aromatic N) is 2. The van der Waals surface area contributed by atoms with Gasteiger partial charge in [0, 0.05) is 25.8 Å². The number of aromatic nitrogens is 1. The third-order valence-corrected chi connectivity index (χ3v) is 7.38. The van der Waals surface area contributed by atoms with E-state index >= 15 is 4.39 Å². The zero-order valence-corrected chi connectivity index (χ0v) is 24.2. The highest BCUT2D eigenvalue weighted by Crippen LogP contribution is 2.40. The third-order valence-electron chi connectivity index (χ3n) is 7.38. The lowest BCUT2D eigenvalue weighted by molar-refractivity contribution is -0.274. The van der Waals surface area contributed by atoms with Gasteiger partial charge in [-0.25, -0.2) is 4.39 Å². The number of esters is 1. The molecule has 1 fully saturated rings. The number of hydrogen-bond donors (Lipinski definition) is 1. The SMILES string of the molecule is COC(=O)C1CCN(c2c(F)cc3c(=O)c(C(=O)NCc4ccc(OC(F)(F)F)cc4C)cn(CC(F)(F)F)c3c2OC)CC1. The number of benzene rings is 2. The van der Waals surface area contributed by atoms with Crippen molar-refractivity contribution in [2.45, 2.75) is 45.4 Å². The molecule has 3 aromatic rings. The van der Waals surface area contributed by atoms with Gasteiger partial charge < -0.3 is 29.0 Å². The number of carbonyl (C=O) groups is 2. The van der Waals surface area contributed by atoms with Crippen LogP contribution < -0.4 is 25.1 Å². The fraction of sp³-hybridized carbons (Fsp3) is 0.414. The Kier molecular flexibility index (Phi) is 9.54. The van der Waals surface area contributed by atoms with E-state index in [2.05, 4.69) is 10.1 Å². The minimum Gasteiger partial charge on any atom is -0.492 e. The maximum atomic E-state index is 15.6. The second kappa shape index (κ2) is 12.9. The van der Waals surface area contributed by atoms with E-state index in [1.165, 1.54) is 25.0 Å². The van der Waals surface area contributed by atoms with Crippen molar-refractivity contribution in [1.82, 2.24) is 9.88 Å². The molecule has 2 heterocycles. The lowest BCUT2D eigenvalue weighted by Crippen LogP contribution is -2.37. The number of methoxy groups -OCH3 is 2. The van der Waals surface area contributed by atoms with Gasteiger partial charge in [-0.1, -0.05) is 6.07 Å². The number of alkyl halides is 6. The minimum atomic E-state index is -4.92. The van der Waals surface area contributed by atoms with Crippen molar-refractivity contribution in [2.75, 3.05) is 32.2 Å². The molecule has 1 N–H and O–H groups in total. The number of nitrogens with one attached hydrogen (secondary N) is 1. The van der Waals surface area contributed by atoms with Crippen LogP contribution in [0.4, 0.5) is 36.4 Å². The van der Waals surface area contributed by atoms with E-state index in [9.17, 15) is 40.7 Å². The van der Waals surface area contributed by atoms with E-state index in [4.69, 9.17) is 9.47 Å². The first-order valence-corrected chi connectivity index (χ1v) is 13.5. The number of carbonyl (C=O) groups excluding carboxylic acids is 2. The summed E-state index contributed by atoms with van der Waals surface area (Å²) in [6.45, 7) is -0.222. The summed E-state index contributed by atoms with van der Waals surface area (Å²) in [5.74, 6) is -3.82. The van der Waals surface area contributed by atoms with Gasteiger partial charge in [-0.3, -0.25) is 14.4 Å². The first-order chi connectivity index (χ1) is 21.0. The van der Waals surface area contributed by atoms with E-state index in [1.807, 2.05) is 0 Å². The van der Waals surface area contributed by atoms with Gasteiger partial charge in [-0.05, 0) is 49.1 Å². The van der Waals surface area contributed by atoms with E-state index in [1.54, 1.807) is 0 Å². The molecule has 9 nitrogen and oxygen atoms in total. The predicted octanol–water partition coefficient (Wildman–Crippen LogP) is 5.24. The Labute approximate surface area is 251 Å². The number of ether oxygens (including phenoxy) is 3. The van der Waals surface area contributed by atoms with Crippen LogP contribution in [0.25, 0.3) is 10.9 Å². The molecule has 1 aliphatic rings. The maximum absolute atomic E-state index is 15.6. The van der Waals surface area contributed by atoms with Crippen molar-refractivity contribution in [1.29, 1.82) is 0 Å². The number of fused-ring (bicyclic) bond motifs is 1. The van der Waals surface area contributed by atoms with Crippen LogP contribution in [0.1, 0.15) is 34.3 Å². The Morgan fingerprint density at radius 1 is 1.04 bits per heavy atom. The Bertz CT molecular complexity index is 1660. The van der Waals surface area contributed by atoms with Crippen LogP contribution in [0.2, 0.25) is 0 Å². The summed E-state index contributed by atoms with van der Waals surface area (Å²) in [4.78, 5) is 39.9. The van der Waals surface area contributed by atoms with Gasteiger partial charge in [-0.2, -0.15) is 13.2 Å². The third kappa shape index (κ3) is 7.60. The molecular weight excluding hydrogens is 619 g/mol. The zero-order chi connectivity index (χ0) is 33.3. The van der Waals surface area contributed by atoms with E-state index in [0.717, 1.165) is 25.3 Å². The average molecular weight is 648 g/mol. The number of aryl methyl sites for hydroxylation is 1. The van der Waals surface area contributed by atoms with Crippen LogP contribution in [0, 0.1) is 18.7 Å². The lowest BCUT2D eigenvalue weighted by Gasteiger charge is -2.34. The van der Waals surface area contributed by atoms with Crippen LogP contribution in [0.3, 0.4) is 0 Å². The van der Waals surface area contributed by atoms with Crippen LogP contribution in [0.5, 0.6) is 11.5 Å². The zero-order valence-electron chi connectivity index (χ0n) is 24.2. The van der Waals surface area contributed by atoms with Crippen molar-refractivity contribution < 1.29 is 54.5 Å². The normalized spacial score (nSPS) is 14.4. The second-order valence-corrected chi connectivity index (χ2v) is 10.4. The van der Waals surface area contributed by atoms with Gasteiger partial charge in [-0.15, -0.1) is 13.2 Å². The molecule has 16 heteroatoms. The largest absolute Gasteiger partial charge is 0.573 e. The highest BCUT2D eigenvalue weighted by Gasteiger charge is 2.34. The van der Waals surface area contributed by atoms with Gasteiger partial charge in [0.05, 0.1) is 31.0 Å². The molecule has 0 bridgehead atoms. The van der Waals surface area contributed by atoms with Crippen LogP contribution in [-0.4, -0.2) is 56.3 Å². The molecule has 0 saturated carbocycles. The number of piperidine rings is 1. The highest BCUT2D eigenvalue weighted by molar-refractivity contribution is 5.99. The molecule has 2 aromatic carbocycles. The van der Waals surface area contributed by atoms with Crippen molar-refractivity contribution >= 4 is 28.5 Å². The number of anilines is 1. The molecule has 0 atom stereocenters. The average Bonchev–Trinajstić information content (AvgIpc) is 2.95. The van der Waals surface area contributed by atoms with Crippen molar-refractivity contribution in [3.8, 4) is 11.5 Å². The second-order valence-electron chi connectivity index (χ2n) is 10.4. The Balaban J connectivity index is 1.72. The predicted molar refractivity (Wildman–Crippen MR) is 147 cm³/mol. The summed E-state index contributed by atoms with van der Waals surface area (Å²) >= 11 is 0. The summed E-state index contributed by atoms with van der Waals surface area (Å²) < 4.78 is 109. The first-order valence-electron chi connectivity index (χ1n) is 13.5. The molecule has 1 amide bonds. The summed E-state index contributed by atoms with van der Waals surface area (Å²) in [6, 6.07) is 4.08. The Morgan fingerprint density at radius 3 is 2.27 bits per heavy atom. The van der Waals surface area contributed by atoms with Crippen molar-refractivity contribution in [2.24, 2.45) is 5.92 Å². The molecule has 45 heavy (non-hydrogen) atoms. The summed E-state index contributed by atoms with van der Waals surface area (Å²) in [6.07, 6.45) is -8.49. The molecule has 0 unspecified atom stereocenters. The monoisotopic (exact) mass is 647 g/mol. The topological polar surface area (TPSA) is 99.1 Å². The number of rotatable bonds is 8. The smallest absolute Gasteiger partial charge is 0.492 e. The number of hydrogen-bond acceptors (Lipinski definition) is 7. The van der Waals surface area contributed by atoms with Gasteiger partial charge in [0.25, 0.3) is 5.91 Å². The quantitative estimate of drug-likeness (QED) is 0.264. The molecule has 0 radical (unpaired) electrons. The molecule has 244 valence electrons. The fourth-order valence-electron chi connectivity index (χ4n) is 5.30. The van der Waals surface area contributed by atoms with E-state index in [0.29, 0.717) is 21.9 Å². The number of pyridine rings is 1. The molecule has 0 aliphatic carbocycles.